The number of hydrogen-bond donors (Lipinski definition) is 1. The Bertz CT molecular complexity index is 377. The molecule has 1 aliphatic heterocycles. The summed E-state index contributed by atoms with van der Waals surface area (Å²) in [7, 11) is 0. The molecule has 1 aliphatic carbocycles. The van der Waals surface area contributed by atoms with E-state index in [-0.39, 0.29) is 0 Å². The lowest BCUT2D eigenvalue weighted by Crippen LogP contribution is -2.37. The van der Waals surface area contributed by atoms with Crippen molar-refractivity contribution in [3.05, 3.63) is 0 Å². The zero-order valence-corrected chi connectivity index (χ0v) is 11.9. The van der Waals surface area contributed by atoms with E-state index in [0.29, 0.717) is 6.04 Å². The Morgan fingerprint density at radius 2 is 2.17 bits per heavy atom. The second-order valence-corrected chi connectivity index (χ2v) is 6.91. The zero-order valence-electron chi connectivity index (χ0n) is 10.3. The SMILES string of the molecule is C1CN(CCSc2nnc(NC3CC3)s2)CCO1. The van der Waals surface area contributed by atoms with E-state index in [1.807, 2.05) is 0 Å². The maximum atomic E-state index is 5.33. The first-order valence-corrected chi connectivity index (χ1v) is 8.23. The monoisotopic (exact) mass is 286 g/mol. The number of hydrogen-bond acceptors (Lipinski definition) is 7. The van der Waals surface area contributed by atoms with Gasteiger partial charge in [-0.25, -0.2) is 0 Å². The summed E-state index contributed by atoms with van der Waals surface area (Å²) >= 11 is 3.48. The quantitative estimate of drug-likeness (QED) is 0.801. The average molecular weight is 286 g/mol. The number of anilines is 1. The second kappa shape index (κ2) is 6.18. The molecule has 0 amide bonds. The molecule has 7 heteroatoms. The van der Waals surface area contributed by atoms with Gasteiger partial charge in [-0.3, -0.25) is 4.90 Å². The molecular weight excluding hydrogens is 268 g/mol. The van der Waals surface area contributed by atoms with Crippen LogP contribution in [0.4, 0.5) is 5.13 Å². The summed E-state index contributed by atoms with van der Waals surface area (Å²) in [6.07, 6.45) is 2.55. The third kappa shape index (κ3) is 3.81. The molecule has 1 aromatic rings. The largest absolute Gasteiger partial charge is 0.379 e. The third-order valence-electron chi connectivity index (χ3n) is 3.05. The first kappa shape index (κ1) is 12.7. The molecular formula is C11H18N4OS2. The predicted molar refractivity (Wildman–Crippen MR) is 74.5 cm³/mol. The molecule has 5 nitrogen and oxygen atoms in total. The Hall–Kier alpha value is -0.370. The van der Waals surface area contributed by atoms with Crippen LogP contribution in [-0.4, -0.2) is 59.7 Å². The fraction of sp³-hybridized carbons (Fsp3) is 0.818. The highest BCUT2D eigenvalue weighted by atomic mass is 32.2. The van der Waals surface area contributed by atoms with E-state index in [1.165, 1.54) is 12.8 Å². The Morgan fingerprint density at radius 3 is 2.94 bits per heavy atom. The summed E-state index contributed by atoms with van der Waals surface area (Å²) in [5.74, 6) is 1.08. The van der Waals surface area contributed by atoms with Gasteiger partial charge in [0.05, 0.1) is 13.2 Å². The zero-order chi connectivity index (χ0) is 12.2. The first-order chi connectivity index (χ1) is 8.90. The van der Waals surface area contributed by atoms with E-state index in [2.05, 4.69) is 20.4 Å². The van der Waals surface area contributed by atoms with Gasteiger partial charge >= 0.3 is 0 Å². The van der Waals surface area contributed by atoms with Gasteiger partial charge in [0.25, 0.3) is 0 Å². The predicted octanol–water partition coefficient (Wildman–Crippen LogP) is 1.54. The maximum absolute atomic E-state index is 5.33. The normalized spacial score (nSPS) is 21.1. The van der Waals surface area contributed by atoms with Crippen LogP contribution in [0.5, 0.6) is 0 Å². The van der Waals surface area contributed by atoms with E-state index < -0.39 is 0 Å². The number of morpholine rings is 1. The highest BCUT2D eigenvalue weighted by Crippen LogP contribution is 2.30. The Balaban J connectivity index is 1.37. The summed E-state index contributed by atoms with van der Waals surface area (Å²) in [5, 5.41) is 12.7. The van der Waals surface area contributed by atoms with E-state index in [0.717, 1.165) is 48.1 Å². The summed E-state index contributed by atoms with van der Waals surface area (Å²) < 4.78 is 6.41. The summed E-state index contributed by atoms with van der Waals surface area (Å²) in [6, 6.07) is 0.657. The third-order valence-corrected chi connectivity index (χ3v) is 5.02. The van der Waals surface area contributed by atoms with E-state index in [1.54, 1.807) is 23.1 Å². The molecule has 1 saturated heterocycles. The van der Waals surface area contributed by atoms with E-state index in [9.17, 15) is 0 Å². The van der Waals surface area contributed by atoms with E-state index >= 15 is 0 Å². The first-order valence-electron chi connectivity index (χ1n) is 6.43. The molecule has 100 valence electrons. The maximum Gasteiger partial charge on any atom is 0.206 e. The number of ether oxygens (including phenoxy) is 1. The van der Waals surface area contributed by atoms with Crippen LogP contribution in [0.1, 0.15) is 12.8 Å². The van der Waals surface area contributed by atoms with Crippen LogP contribution in [0, 0.1) is 0 Å². The second-order valence-electron chi connectivity index (χ2n) is 4.59. The summed E-state index contributed by atoms with van der Waals surface area (Å²) in [5.41, 5.74) is 0. The van der Waals surface area contributed by atoms with Gasteiger partial charge in [0, 0.05) is 31.4 Å². The Kier molecular flexibility index (Phi) is 4.35. The summed E-state index contributed by atoms with van der Waals surface area (Å²) in [4.78, 5) is 2.45. The minimum atomic E-state index is 0.657. The molecule has 0 spiro atoms. The van der Waals surface area contributed by atoms with Crippen molar-refractivity contribution in [3.8, 4) is 0 Å². The average Bonchev–Trinajstić information content (AvgIpc) is 3.10. The Morgan fingerprint density at radius 1 is 1.33 bits per heavy atom. The van der Waals surface area contributed by atoms with Crippen molar-refractivity contribution < 1.29 is 4.74 Å². The van der Waals surface area contributed by atoms with Crippen molar-refractivity contribution in [2.24, 2.45) is 0 Å². The molecule has 0 radical (unpaired) electrons. The molecule has 18 heavy (non-hydrogen) atoms. The lowest BCUT2D eigenvalue weighted by Gasteiger charge is -2.25. The fourth-order valence-corrected chi connectivity index (χ4v) is 3.72. The highest BCUT2D eigenvalue weighted by Gasteiger charge is 2.22. The van der Waals surface area contributed by atoms with Crippen LogP contribution in [0.3, 0.4) is 0 Å². The van der Waals surface area contributed by atoms with Gasteiger partial charge < -0.3 is 10.1 Å². The van der Waals surface area contributed by atoms with Crippen LogP contribution >= 0.6 is 23.1 Å². The van der Waals surface area contributed by atoms with Gasteiger partial charge in [-0.05, 0) is 12.8 Å². The smallest absolute Gasteiger partial charge is 0.206 e. The van der Waals surface area contributed by atoms with Crippen molar-refractivity contribution in [1.29, 1.82) is 0 Å². The standard InChI is InChI=1S/C11H18N4OS2/c1-2-9(1)12-10-13-14-11(18-10)17-8-5-15-3-6-16-7-4-15/h9H,1-8H2,(H,12,13). The van der Waals surface area contributed by atoms with Crippen LogP contribution in [0.15, 0.2) is 4.34 Å². The van der Waals surface area contributed by atoms with Crippen LogP contribution < -0.4 is 5.32 Å². The van der Waals surface area contributed by atoms with Crippen LogP contribution in [0.2, 0.25) is 0 Å². The van der Waals surface area contributed by atoms with Gasteiger partial charge in [-0.15, -0.1) is 10.2 Å². The van der Waals surface area contributed by atoms with Crippen molar-refractivity contribution in [2.75, 3.05) is 43.9 Å². The molecule has 1 aromatic heterocycles. The number of nitrogens with one attached hydrogen (secondary N) is 1. The highest BCUT2D eigenvalue weighted by molar-refractivity contribution is 8.01. The van der Waals surface area contributed by atoms with E-state index in [4.69, 9.17) is 4.74 Å². The molecule has 2 aliphatic rings. The molecule has 1 saturated carbocycles. The topological polar surface area (TPSA) is 50.3 Å². The fourth-order valence-electron chi connectivity index (χ4n) is 1.82. The lowest BCUT2D eigenvalue weighted by molar-refractivity contribution is 0.0410. The van der Waals surface area contributed by atoms with Crippen molar-refractivity contribution in [2.45, 2.75) is 23.2 Å². The molecule has 2 fully saturated rings. The van der Waals surface area contributed by atoms with Crippen molar-refractivity contribution in [1.82, 2.24) is 15.1 Å². The van der Waals surface area contributed by atoms with Gasteiger partial charge in [0.2, 0.25) is 5.13 Å². The molecule has 1 N–H and O–H groups in total. The molecule has 0 atom stereocenters. The van der Waals surface area contributed by atoms with Gasteiger partial charge in [-0.2, -0.15) is 0 Å². The van der Waals surface area contributed by atoms with Gasteiger partial charge in [0.1, 0.15) is 0 Å². The number of aromatic nitrogens is 2. The Labute approximate surface area is 115 Å². The van der Waals surface area contributed by atoms with Crippen LogP contribution in [0.25, 0.3) is 0 Å². The van der Waals surface area contributed by atoms with Gasteiger partial charge in [0.15, 0.2) is 4.34 Å². The number of nitrogens with zero attached hydrogens (tertiary/aromatic N) is 3. The lowest BCUT2D eigenvalue weighted by atomic mass is 10.4. The molecule has 0 bridgehead atoms. The van der Waals surface area contributed by atoms with Gasteiger partial charge in [-0.1, -0.05) is 23.1 Å². The number of rotatable bonds is 6. The molecule has 0 unspecified atom stereocenters. The number of thioether (sulfide) groups is 1. The minimum Gasteiger partial charge on any atom is -0.379 e. The van der Waals surface area contributed by atoms with Crippen LogP contribution in [-0.2, 0) is 4.74 Å². The summed E-state index contributed by atoms with van der Waals surface area (Å²) in [6.45, 7) is 4.98. The van der Waals surface area contributed by atoms with Crippen molar-refractivity contribution in [3.63, 3.8) is 0 Å². The van der Waals surface area contributed by atoms with Crippen molar-refractivity contribution >= 4 is 28.2 Å². The molecule has 0 aromatic carbocycles. The molecule has 3 rings (SSSR count). The molecule has 2 heterocycles. The minimum absolute atomic E-state index is 0.657.